The quantitative estimate of drug-likeness (QED) is 0.621. The van der Waals surface area contributed by atoms with Gasteiger partial charge in [0.1, 0.15) is 0 Å². The molecule has 1 rings (SSSR count). The Labute approximate surface area is 84.0 Å². The molecule has 1 unspecified atom stereocenters. The minimum Gasteiger partial charge on any atom is -0.396 e. The minimum absolute atomic E-state index is 0.0433. The third-order valence-corrected chi connectivity index (χ3v) is 2.30. The van der Waals surface area contributed by atoms with Crippen molar-refractivity contribution in [2.24, 2.45) is 0 Å². The van der Waals surface area contributed by atoms with Gasteiger partial charge in [-0.05, 0) is 12.8 Å². The molecule has 14 heavy (non-hydrogen) atoms. The Kier molecular flexibility index (Phi) is 4.69. The molecule has 1 atom stereocenters. The van der Waals surface area contributed by atoms with E-state index < -0.39 is 0 Å². The van der Waals surface area contributed by atoms with Crippen molar-refractivity contribution in [1.29, 1.82) is 0 Å². The lowest BCUT2D eigenvalue weighted by Gasteiger charge is -2.15. The molecule has 0 bridgehead atoms. The monoisotopic (exact) mass is 202 g/mol. The van der Waals surface area contributed by atoms with Gasteiger partial charge in [-0.15, -0.1) is 0 Å². The molecule has 1 heterocycles. The fourth-order valence-corrected chi connectivity index (χ4v) is 1.52. The number of nitrogens with one attached hydrogen (secondary N) is 1. The Morgan fingerprint density at radius 1 is 1.71 bits per heavy atom. The van der Waals surface area contributed by atoms with Crippen LogP contribution in [0, 0.1) is 0 Å². The van der Waals surface area contributed by atoms with Crippen LogP contribution >= 0.6 is 0 Å². The fourth-order valence-electron chi connectivity index (χ4n) is 1.52. The number of urea groups is 1. The number of rotatable bonds is 4. The van der Waals surface area contributed by atoms with E-state index in [4.69, 9.17) is 9.84 Å². The van der Waals surface area contributed by atoms with Gasteiger partial charge in [0.05, 0.1) is 6.10 Å². The van der Waals surface area contributed by atoms with Gasteiger partial charge in [-0.3, -0.25) is 0 Å². The first kappa shape index (κ1) is 11.3. The molecule has 1 aliphatic rings. The first-order valence-corrected chi connectivity index (χ1v) is 4.97. The van der Waals surface area contributed by atoms with Crippen LogP contribution in [-0.2, 0) is 4.74 Å². The molecule has 0 aliphatic carbocycles. The van der Waals surface area contributed by atoms with E-state index in [0.717, 1.165) is 13.0 Å². The predicted molar refractivity (Wildman–Crippen MR) is 52.1 cm³/mol. The highest BCUT2D eigenvalue weighted by molar-refractivity contribution is 5.74. The molecule has 0 spiro atoms. The maximum Gasteiger partial charge on any atom is 0.317 e. The lowest BCUT2D eigenvalue weighted by atomic mass is 10.3. The number of nitrogens with zero attached hydrogens (tertiary/aromatic N) is 1. The molecule has 2 N–H and O–H groups in total. The van der Waals surface area contributed by atoms with Gasteiger partial charge in [0.2, 0.25) is 0 Å². The van der Waals surface area contributed by atoms with Crippen molar-refractivity contribution in [2.75, 3.05) is 33.4 Å². The average Bonchev–Trinajstić information content (AvgIpc) is 2.66. The van der Waals surface area contributed by atoms with Crippen LogP contribution in [0.2, 0.25) is 0 Å². The molecule has 2 amide bonds. The van der Waals surface area contributed by atoms with E-state index in [9.17, 15) is 4.79 Å². The Morgan fingerprint density at radius 2 is 2.50 bits per heavy atom. The number of amides is 2. The normalized spacial score (nSPS) is 21.3. The third kappa shape index (κ3) is 3.16. The van der Waals surface area contributed by atoms with Gasteiger partial charge in [0.25, 0.3) is 0 Å². The summed E-state index contributed by atoms with van der Waals surface area (Å²) in [5.74, 6) is 0. The summed E-state index contributed by atoms with van der Waals surface area (Å²) in [5.41, 5.74) is 0. The van der Waals surface area contributed by atoms with E-state index in [1.54, 1.807) is 11.9 Å². The van der Waals surface area contributed by atoms with E-state index in [-0.39, 0.29) is 18.7 Å². The second-order valence-electron chi connectivity index (χ2n) is 3.36. The summed E-state index contributed by atoms with van der Waals surface area (Å²) in [5, 5.41) is 11.2. The maximum atomic E-state index is 11.2. The van der Waals surface area contributed by atoms with Crippen molar-refractivity contribution < 1.29 is 14.6 Å². The zero-order chi connectivity index (χ0) is 10.4. The van der Waals surface area contributed by atoms with Crippen LogP contribution in [0.5, 0.6) is 0 Å². The molecule has 5 heteroatoms. The predicted octanol–water partition coefficient (Wildman–Crippen LogP) is -0.201. The Bertz CT molecular complexity index is 187. The van der Waals surface area contributed by atoms with Gasteiger partial charge in [0.15, 0.2) is 0 Å². The van der Waals surface area contributed by atoms with Gasteiger partial charge >= 0.3 is 6.03 Å². The third-order valence-electron chi connectivity index (χ3n) is 2.30. The first-order valence-electron chi connectivity index (χ1n) is 4.97. The highest BCUT2D eigenvalue weighted by Gasteiger charge is 2.25. The summed E-state index contributed by atoms with van der Waals surface area (Å²) >= 11 is 0. The molecule has 0 aromatic rings. The molecule has 0 aromatic carbocycles. The molecule has 82 valence electrons. The number of likely N-dealkylation sites (tertiary alicyclic amines) is 1. The highest BCUT2D eigenvalue weighted by atomic mass is 16.5. The Morgan fingerprint density at radius 3 is 3.14 bits per heavy atom. The molecule has 1 fully saturated rings. The van der Waals surface area contributed by atoms with Crippen LogP contribution in [0.1, 0.15) is 12.8 Å². The van der Waals surface area contributed by atoms with E-state index in [1.165, 1.54) is 0 Å². The summed E-state index contributed by atoms with van der Waals surface area (Å²) in [6, 6.07) is -0.0433. The average molecular weight is 202 g/mol. The number of hydrogen-bond acceptors (Lipinski definition) is 3. The van der Waals surface area contributed by atoms with E-state index in [1.807, 2.05) is 0 Å². The number of aliphatic hydroxyl groups excluding tert-OH is 1. The Hall–Kier alpha value is -0.810. The number of ether oxygens (including phenoxy) is 1. The van der Waals surface area contributed by atoms with Crippen molar-refractivity contribution >= 4 is 6.03 Å². The molecule has 1 aliphatic heterocycles. The Balaban J connectivity index is 2.17. The van der Waals surface area contributed by atoms with E-state index >= 15 is 0 Å². The summed E-state index contributed by atoms with van der Waals surface area (Å²) in [6.45, 7) is 2.14. The molecule has 0 aromatic heterocycles. The van der Waals surface area contributed by atoms with E-state index in [0.29, 0.717) is 19.6 Å². The van der Waals surface area contributed by atoms with Crippen molar-refractivity contribution in [3.8, 4) is 0 Å². The maximum absolute atomic E-state index is 11.2. The number of hydrogen-bond donors (Lipinski definition) is 2. The van der Waals surface area contributed by atoms with Gasteiger partial charge in [0, 0.05) is 33.4 Å². The lowest BCUT2D eigenvalue weighted by Crippen LogP contribution is -2.37. The second kappa shape index (κ2) is 5.82. The number of carbonyl (C=O) groups is 1. The molecular weight excluding hydrogens is 184 g/mol. The fraction of sp³-hybridized carbons (Fsp3) is 0.889. The zero-order valence-corrected chi connectivity index (χ0v) is 8.53. The van der Waals surface area contributed by atoms with Crippen LogP contribution in [0.15, 0.2) is 0 Å². The van der Waals surface area contributed by atoms with Crippen molar-refractivity contribution in [2.45, 2.75) is 18.9 Å². The number of carbonyl (C=O) groups excluding carboxylic acids is 1. The smallest absolute Gasteiger partial charge is 0.317 e. The minimum atomic E-state index is -0.0433. The first-order chi connectivity index (χ1) is 6.77. The van der Waals surface area contributed by atoms with Crippen LogP contribution in [-0.4, -0.2) is 55.5 Å². The zero-order valence-electron chi connectivity index (χ0n) is 8.53. The summed E-state index contributed by atoms with van der Waals surface area (Å²) in [4.78, 5) is 12.9. The number of aliphatic hydroxyl groups is 1. The van der Waals surface area contributed by atoms with Crippen LogP contribution in [0.4, 0.5) is 4.79 Å². The molecule has 0 radical (unpaired) electrons. The molecular formula is C9H18N2O3. The highest BCUT2D eigenvalue weighted by Crippen LogP contribution is 2.12. The topological polar surface area (TPSA) is 61.8 Å². The van der Waals surface area contributed by atoms with Gasteiger partial charge in [-0.1, -0.05) is 0 Å². The lowest BCUT2D eigenvalue weighted by molar-refractivity contribution is 0.0516. The van der Waals surface area contributed by atoms with Gasteiger partial charge in [-0.2, -0.15) is 0 Å². The van der Waals surface area contributed by atoms with Gasteiger partial charge < -0.3 is 20.1 Å². The second-order valence-corrected chi connectivity index (χ2v) is 3.36. The van der Waals surface area contributed by atoms with Crippen LogP contribution in [0.25, 0.3) is 0 Å². The summed E-state index contributed by atoms with van der Waals surface area (Å²) in [6.07, 6.45) is 1.69. The standard InChI is InChI=1S/C9H18N2O3/c1-10-9(13)11-4-3-8(7-11)14-6-2-5-12/h8,12H,2-7H2,1H3,(H,10,13). The largest absolute Gasteiger partial charge is 0.396 e. The summed E-state index contributed by atoms with van der Waals surface area (Å²) < 4.78 is 5.49. The van der Waals surface area contributed by atoms with Crippen LogP contribution < -0.4 is 5.32 Å². The van der Waals surface area contributed by atoms with Gasteiger partial charge in [-0.25, -0.2) is 4.79 Å². The van der Waals surface area contributed by atoms with Crippen molar-refractivity contribution in [1.82, 2.24) is 10.2 Å². The van der Waals surface area contributed by atoms with Crippen molar-refractivity contribution in [3.05, 3.63) is 0 Å². The van der Waals surface area contributed by atoms with Crippen LogP contribution in [0.3, 0.4) is 0 Å². The molecule has 0 saturated carbocycles. The molecule has 5 nitrogen and oxygen atoms in total. The SMILES string of the molecule is CNC(=O)N1CCC(OCCCO)C1. The molecule has 1 saturated heterocycles. The van der Waals surface area contributed by atoms with E-state index in [2.05, 4.69) is 5.32 Å². The summed E-state index contributed by atoms with van der Waals surface area (Å²) in [7, 11) is 1.63. The van der Waals surface area contributed by atoms with Crippen molar-refractivity contribution in [3.63, 3.8) is 0 Å².